The number of hydrogen-bond donors (Lipinski definition) is 0. The smallest absolute Gasteiger partial charge is 0.253 e. The Kier molecular flexibility index (Phi) is 4.01. The van der Waals surface area contributed by atoms with Crippen LogP contribution in [0, 0.1) is 0 Å². The van der Waals surface area contributed by atoms with E-state index in [1.54, 1.807) is 22.4 Å². The van der Waals surface area contributed by atoms with Crippen molar-refractivity contribution in [1.82, 2.24) is 14.7 Å². The summed E-state index contributed by atoms with van der Waals surface area (Å²) >= 11 is 1.69. The lowest BCUT2D eigenvalue weighted by Crippen LogP contribution is -2.28. The van der Waals surface area contributed by atoms with E-state index >= 15 is 0 Å². The number of carbonyl (C=O) groups excluding carboxylic acids is 1. The third kappa shape index (κ3) is 3.13. The maximum Gasteiger partial charge on any atom is 0.253 e. The third-order valence-corrected chi connectivity index (χ3v) is 4.38. The van der Waals surface area contributed by atoms with Crippen molar-refractivity contribution in [2.24, 2.45) is 0 Å². The Hall–Kier alpha value is -2.14. The molecule has 0 aliphatic carbocycles. The van der Waals surface area contributed by atoms with Gasteiger partial charge in [0.1, 0.15) is 0 Å². The first-order chi connectivity index (χ1) is 10.2. The normalized spacial score (nSPS) is 10.9. The monoisotopic (exact) mass is 299 g/mol. The summed E-state index contributed by atoms with van der Waals surface area (Å²) in [5, 5.41) is 7.34. The van der Waals surface area contributed by atoms with Crippen molar-refractivity contribution in [2.75, 3.05) is 13.6 Å². The average Bonchev–Trinajstić information content (AvgIpc) is 3.16. The van der Waals surface area contributed by atoms with Gasteiger partial charge in [0.05, 0.1) is 0 Å². The maximum atomic E-state index is 12.4. The fraction of sp³-hybridized carbons (Fsp3) is 0.250. The molecule has 0 N–H and O–H groups in total. The van der Waals surface area contributed by atoms with Crippen LogP contribution in [-0.4, -0.2) is 34.2 Å². The quantitative estimate of drug-likeness (QED) is 0.725. The van der Waals surface area contributed by atoms with Gasteiger partial charge in [-0.3, -0.25) is 9.48 Å². The number of carbonyl (C=O) groups is 1. The van der Waals surface area contributed by atoms with Gasteiger partial charge in [-0.25, -0.2) is 0 Å². The predicted octanol–water partition coefficient (Wildman–Crippen LogP) is 3.26. The molecule has 1 aromatic carbocycles. The number of rotatable bonds is 5. The zero-order chi connectivity index (χ0) is 14.7. The number of fused-ring (bicyclic) bond motifs is 1. The first-order valence-electron chi connectivity index (χ1n) is 6.94. The van der Waals surface area contributed by atoms with E-state index in [2.05, 4.69) is 11.2 Å². The van der Waals surface area contributed by atoms with Gasteiger partial charge in [0.25, 0.3) is 5.91 Å². The highest BCUT2D eigenvalue weighted by molar-refractivity contribution is 7.17. The van der Waals surface area contributed by atoms with Crippen LogP contribution in [0.5, 0.6) is 0 Å². The topological polar surface area (TPSA) is 38.1 Å². The van der Waals surface area contributed by atoms with E-state index in [9.17, 15) is 4.79 Å². The van der Waals surface area contributed by atoms with Gasteiger partial charge in [-0.1, -0.05) is 0 Å². The molecule has 0 fully saturated rings. The number of nitrogens with zero attached hydrogens (tertiary/aromatic N) is 3. The lowest BCUT2D eigenvalue weighted by Gasteiger charge is -2.17. The molecule has 5 heteroatoms. The summed E-state index contributed by atoms with van der Waals surface area (Å²) in [7, 11) is 1.85. The van der Waals surface area contributed by atoms with E-state index in [0.29, 0.717) is 0 Å². The van der Waals surface area contributed by atoms with Gasteiger partial charge in [0, 0.05) is 42.8 Å². The van der Waals surface area contributed by atoms with Crippen molar-refractivity contribution in [2.45, 2.75) is 13.0 Å². The zero-order valence-electron chi connectivity index (χ0n) is 11.9. The highest BCUT2D eigenvalue weighted by Crippen LogP contribution is 2.22. The van der Waals surface area contributed by atoms with Crippen LogP contribution < -0.4 is 0 Å². The first-order valence-corrected chi connectivity index (χ1v) is 7.82. The van der Waals surface area contributed by atoms with Crippen molar-refractivity contribution in [1.29, 1.82) is 0 Å². The number of benzene rings is 1. The molecule has 0 radical (unpaired) electrons. The second-order valence-electron chi connectivity index (χ2n) is 5.02. The SMILES string of the molecule is CN(CCCn1cccn1)C(=O)c1ccc2sccc2c1. The van der Waals surface area contributed by atoms with Gasteiger partial charge in [-0.2, -0.15) is 5.10 Å². The molecule has 0 saturated heterocycles. The lowest BCUT2D eigenvalue weighted by atomic mass is 10.1. The van der Waals surface area contributed by atoms with Crippen LogP contribution >= 0.6 is 11.3 Å². The average molecular weight is 299 g/mol. The van der Waals surface area contributed by atoms with Crippen molar-refractivity contribution in [3.8, 4) is 0 Å². The van der Waals surface area contributed by atoms with E-state index in [1.807, 2.05) is 47.6 Å². The Morgan fingerprint density at radius 1 is 1.38 bits per heavy atom. The minimum Gasteiger partial charge on any atom is -0.342 e. The van der Waals surface area contributed by atoms with Crippen molar-refractivity contribution in [3.05, 3.63) is 53.7 Å². The summed E-state index contributed by atoms with van der Waals surface area (Å²) < 4.78 is 3.10. The van der Waals surface area contributed by atoms with Crippen molar-refractivity contribution in [3.63, 3.8) is 0 Å². The molecule has 0 aliphatic heterocycles. The summed E-state index contributed by atoms with van der Waals surface area (Å²) in [6.45, 7) is 1.55. The summed E-state index contributed by atoms with van der Waals surface area (Å²) in [6.07, 6.45) is 4.60. The van der Waals surface area contributed by atoms with Crippen molar-refractivity contribution < 1.29 is 4.79 Å². The Labute approximate surface area is 127 Å². The van der Waals surface area contributed by atoms with Crippen LogP contribution in [0.2, 0.25) is 0 Å². The zero-order valence-corrected chi connectivity index (χ0v) is 12.7. The number of thiophene rings is 1. The Balaban J connectivity index is 1.60. The molecule has 2 aromatic heterocycles. The van der Waals surface area contributed by atoms with Crippen LogP contribution in [0.1, 0.15) is 16.8 Å². The molecule has 0 unspecified atom stereocenters. The second kappa shape index (κ2) is 6.10. The van der Waals surface area contributed by atoms with Gasteiger partial charge < -0.3 is 4.90 Å². The van der Waals surface area contributed by atoms with E-state index in [4.69, 9.17) is 0 Å². The van der Waals surface area contributed by atoms with E-state index in [-0.39, 0.29) is 5.91 Å². The van der Waals surface area contributed by atoms with Crippen LogP contribution in [0.15, 0.2) is 48.1 Å². The molecular weight excluding hydrogens is 282 g/mol. The number of aromatic nitrogens is 2. The molecule has 21 heavy (non-hydrogen) atoms. The standard InChI is InChI=1S/C16H17N3OS/c1-18(8-3-10-19-9-2-7-17-19)16(20)14-4-5-15-13(12-14)6-11-21-15/h2,4-7,9,11-12H,3,8,10H2,1H3. The second-order valence-corrected chi connectivity index (χ2v) is 5.97. The van der Waals surface area contributed by atoms with Gasteiger partial charge >= 0.3 is 0 Å². The third-order valence-electron chi connectivity index (χ3n) is 3.49. The molecule has 3 aromatic rings. The first kappa shape index (κ1) is 13.8. The van der Waals surface area contributed by atoms with Gasteiger partial charge in [-0.15, -0.1) is 11.3 Å². The fourth-order valence-electron chi connectivity index (χ4n) is 2.32. The minimum atomic E-state index is 0.0727. The molecule has 1 amide bonds. The largest absolute Gasteiger partial charge is 0.342 e. The molecule has 0 atom stereocenters. The lowest BCUT2D eigenvalue weighted by molar-refractivity contribution is 0.0791. The number of aryl methyl sites for hydroxylation is 1. The summed E-state index contributed by atoms with van der Waals surface area (Å²) in [5.41, 5.74) is 0.752. The molecule has 0 spiro atoms. The number of hydrogen-bond acceptors (Lipinski definition) is 3. The fourth-order valence-corrected chi connectivity index (χ4v) is 3.10. The molecular formula is C16H17N3OS. The van der Waals surface area contributed by atoms with Gasteiger partial charge in [0.15, 0.2) is 0 Å². The molecule has 2 heterocycles. The summed E-state index contributed by atoms with van der Waals surface area (Å²) in [6, 6.07) is 9.85. The van der Waals surface area contributed by atoms with E-state index in [0.717, 1.165) is 30.5 Å². The maximum absolute atomic E-state index is 12.4. The molecule has 0 saturated carbocycles. The summed E-state index contributed by atoms with van der Waals surface area (Å²) in [4.78, 5) is 14.2. The van der Waals surface area contributed by atoms with Crippen LogP contribution in [-0.2, 0) is 6.54 Å². The molecule has 0 bridgehead atoms. The van der Waals surface area contributed by atoms with Crippen LogP contribution in [0.25, 0.3) is 10.1 Å². The number of amides is 1. The van der Waals surface area contributed by atoms with Gasteiger partial charge in [0.2, 0.25) is 0 Å². The van der Waals surface area contributed by atoms with Gasteiger partial charge in [-0.05, 0) is 47.5 Å². The van der Waals surface area contributed by atoms with E-state index < -0.39 is 0 Å². The highest BCUT2D eigenvalue weighted by atomic mass is 32.1. The summed E-state index contributed by atoms with van der Waals surface area (Å²) in [5.74, 6) is 0.0727. The Bertz CT molecular complexity index is 733. The molecule has 0 aliphatic rings. The predicted molar refractivity (Wildman–Crippen MR) is 85.6 cm³/mol. The molecule has 108 valence electrons. The minimum absolute atomic E-state index is 0.0727. The van der Waals surface area contributed by atoms with E-state index in [1.165, 1.54) is 4.70 Å². The Morgan fingerprint density at radius 2 is 2.29 bits per heavy atom. The van der Waals surface area contributed by atoms with Crippen LogP contribution in [0.4, 0.5) is 0 Å². The highest BCUT2D eigenvalue weighted by Gasteiger charge is 2.12. The van der Waals surface area contributed by atoms with Crippen molar-refractivity contribution >= 4 is 27.3 Å². The molecule has 4 nitrogen and oxygen atoms in total. The Morgan fingerprint density at radius 3 is 3.10 bits per heavy atom. The van der Waals surface area contributed by atoms with Crippen LogP contribution in [0.3, 0.4) is 0 Å². The molecule has 3 rings (SSSR count).